The molecule has 6 heteroatoms. The Morgan fingerprint density at radius 3 is 3.10 bits per heavy atom. The van der Waals surface area contributed by atoms with E-state index in [1.165, 1.54) is 17.4 Å². The average Bonchev–Trinajstić information content (AvgIpc) is 2.82. The number of amides is 1. The third-order valence-corrected chi connectivity index (χ3v) is 4.57. The van der Waals surface area contributed by atoms with Crippen molar-refractivity contribution >= 4 is 22.4 Å². The van der Waals surface area contributed by atoms with Crippen molar-refractivity contribution in [2.45, 2.75) is 31.7 Å². The Hall–Kier alpha value is -1.79. The van der Waals surface area contributed by atoms with Gasteiger partial charge in [-0.05, 0) is 30.9 Å². The molecule has 3 N–H and O–H groups in total. The lowest BCUT2D eigenvalue weighted by Gasteiger charge is -2.15. The van der Waals surface area contributed by atoms with Gasteiger partial charge in [0, 0.05) is 10.9 Å². The fourth-order valence-corrected chi connectivity index (χ4v) is 3.55. The maximum absolute atomic E-state index is 13.5. The molecule has 0 aliphatic heterocycles. The van der Waals surface area contributed by atoms with E-state index in [1.54, 1.807) is 18.2 Å². The van der Waals surface area contributed by atoms with E-state index in [0.717, 1.165) is 29.8 Å². The van der Waals surface area contributed by atoms with Gasteiger partial charge in [-0.1, -0.05) is 18.2 Å². The number of fused-ring (bicyclic) bond motifs is 1. The van der Waals surface area contributed by atoms with E-state index in [4.69, 9.17) is 5.73 Å². The molecule has 0 spiro atoms. The summed E-state index contributed by atoms with van der Waals surface area (Å²) in [7, 11) is 0. The second kappa shape index (κ2) is 5.91. The number of aryl methyl sites for hydroxylation is 1. The predicted molar refractivity (Wildman–Crippen MR) is 80.8 cm³/mol. The number of halogens is 1. The summed E-state index contributed by atoms with van der Waals surface area (Å²) in [6.07, 6.45) is 2.61. The van der Waals surface area contributed by atoms with Gasteiger partial charge in [-0.2, -0.15) is 0 Å². The Morgan fingerprint density at radius 2 is 2.29 bits per heavy atom. The highest BCUT2D eigenvalue weighted by Gasteiger charge is 2.20. The Kier molecular flexibility index (Phi) is 3.98. The summed E-state index contributed by atoms with van der Waals surface area (Å²) in [4.78, 5) is 17.6. The molecule has 3 rings (SSSR count). The number of hydrogen-bond acceptors (Lipinski definition) is 4. The number of nitrogens with zero attached hydrogens (tertiary/aromatic N) is 1. The quantitative estimate of drug-likeness (QED) is 0.914. The van der Waals surface area contributed by atoms with Crippen LogP contribution in [0.3, 0.4) is 0 Å². The largest absolute Gasteiger partial charge is 0.327 e. The molecule has 0 bridgehead atoms. The maximum atomic E-state index is 13.5. The van der Waals surface area contributed by atoms with E-state index in [-0.39, 0.29) is 24.2 Å². The van der Waals surface area contributed by atoms with Gasteiger partial charge >= 0.3 is 0 Å². The summed E-state index contributed by atoms with van der Waals surface area (Å²) in [6, 6.07) is 6.47. The molecule has 21 heavy (non-hydrogen) atoms. The van der Waals surface area contributed by atoms with Crippen molar-refractivity contribution < 1.29 is 9.18 Å². The van der Waals surface area contributed by atoms with Gasteiger partial charge in [0.05, 0.1) is 12.1 Å². The molecule has 0 unspecified atom stereocenters. The summed E-state index contributed by atoms with van der Waals surface area (Å²) in [5.41, 5.74) is 7.35. The fraction of sp³-hybridized carbons (Fsp3) is 0.333. The third-order valence-electron chi connectivity index (χ3n) is 3.53. The van der Waals surface area contributed by atoms with Crippen LogP contribution in [0.4, 0.5) is 9.52 Å². The summed E-state index contributed by atoms with van der Waals surface area (Å²) in [5.74, 6) is -0.618. The second-order valence-electron chi connectivity index (χ2n) is 5.21. The van der Waals surface area contributed by atoms with Crippen LogP contribution in [-0.4, -0.2) is 16.9 Å². The van der Waals surface area contributed by atoms with Gasteiger partial charge in [0.15, 0.2) is 5.13 Å². The van der Waals surface area contributed by atoms with Gasteiger partial charge in [0.25, 0.3) is 0 Å². The van der Waals surface area contributed by atoms with Crippen molar-refractivity contribution in [1.82, 2.24) is 4.98 Å². The maximum Gasteiger partial charge on any atom is 0.230 e. The monoisotopic (exact) mass is 305 g/mol. The van der Waals surface area contributed by atoms with Crippen LogP contribution in [0.2, 0.25) is 0 Å². The third kappa shape index (κ3) is 3.28. The summed E-state index contributed by atoms with van der Waals surface area (Å²) in [5, 5.41) is 3.33. The van der Waals surface area contributed by atoms with Crippen molar-refractivity contribution in [3.05, 3.63) is 46.2 Å². The molecular weight excluding hydrogens is 289 g/mol. The minimum Gasteiger partial charge on any atom is -0.327 e. The molecule has 1 amide bonds. The number of aromatic nitrogens is 1. The molecule has 0 saturated carbocycles. The Morgan fingerprint density at radius 1 is 1.48 bits per heavy atom. The van der Waals surface area contributed by atoms with Crippen LogP contribution in [0.15, 0.2) is 24.3 Å². The first-order chi connectivity index (χ1) is 10.1. The lowest BCUT2D eigenvalue weighted by atomic mass is 9.99. The number of carbonyl (C=O) groups excluding carboxylic acids is 1. The average molecular weight is 305 g/mol. The molecule has 0 saturated heterocycles. The smallest absolute Gasteiger partial charge is 0.230 e. The minimum atomic E-state index is -0.364. The molecule has 0 fully saturated rings. The number of hydrogen-bond donors (Lipinski definition) is 2. The predicted octanol–water partition coefficient (Wildman–Crippen LogP) is 2.28. The zero-order valence-electron chi connectivity index (χ0n) is 11.4. The van der Waals surface area contributed by atoms with Gasteiger partial charge in [-0.25, -0.2) is 9.37 Å². The molecule has 110 valence electrons. The minimum absolute atomic E-state index is 0.0104. The number of nitrogens with two attached hydrogens (primary N) is 1. The number of thiazole rings is 1. The van der Waals surface area contributed by atoms with Crippen molar-refractivity contribution in [2.75, 3.05) is 5.32 Å². The normalized spacial score (nSPS) is 17.3. The zero-order chi connectivity index (χ0) is 14.8. The summed E-state index contributed by atoms with van der Waals surface area (Å²) in [6.45, 7) is 0. The highest BCUT2D eigenvalue weighted by Crippen LogP contribution is 2.29. The Balaban J connectivity index is 1.67. The molecular formula is C15H16FN3OS. The van der Waals surface area contributed by atoms with Gasteiger partial charge in [-0.3, -0.25) is 4.79 Å². The van der Waals surface area contributed by atoms with Crippen molar-refractivity contribution in [3.63, 3.8) is 0 Å². The van der Waals surface area contributed by atoms with Crippen LogP contribution in [0.25, 0.3) is 0 Å². The van der Waals surface area contributed by atoms with Crippen molar-refractivity contribution in [3.8, 4) is 0 Å². The number of rotatable bonds is 3. The Labute approximate surface area is 126 Å². The molecule has 1 atom stereocenters. The molecule has 4 nitrogen and oxygen atoms in total. The van der Waals surface area contributed by atoms with Gasteiger partial charge in [-0.15, -0.1) is 11.3 Å². The number of benzene rings is 1. The summed E-state index contributed by atoms with van der Waals surface area (Å²) >= 11 is 1.47. The van der Waals surface area contributed by atoms with Crippen molar-refractivity contribution in [1.29, 1.82) is 0 Å². The first kappa shape index (κ1) is 14.2. The molecule has 0 radical (unpaired) electrons. The molecule has 1 aliphatic carbocycles. The van der Waals surface area contributed by atoms with Crippen LogP contribution in [0, 0.1) is 5.82 Å². The molecule has 1 heterocycles. The van der Waals surface area contributed by atoms with Crippen LogP contribution >= 0.6 is 11.3 Å². The number of anilines is 1. The van der Waals surface area contributed by atoms with E-state index in [2.05, 4.69) is 10.3 Å². The molecule has 1 aromatic carbocycles. The van der Waals surface area contributed by atoms with E-state index in [0.29, 0.717) is 10.7 Å². The van der Waals surface area contributed by atoms with Crippen LogP contribution in [-0.2, 0) is 24.1 Å². The lowest BCUT2D eigenvalue weighted by molar-refractivity contribution is -0.115. The molecule has 1 aliphatic rings. The van der Waals surface area contributed by atoms with E-state index in [1.807, 2.05) is 0 Å². The summed E-state index contributed by atoms with van der Waals surface area (Å²) < 4.78 is 13.5. The van der Waals surface area contributed by atoms with E-state index in [9.17, 15) is 9.18 Å². The standard InChI is InChI=1S/C15H16FN3OS/c16-11-4-2-1-3-9(11)7-14(20)19-15-18-12-6-5-10(17)8-13(12)21-15/h1-4,10H,5-8,17H2,(H,18,19,20)/t10-/m0/s1. The highest BCUT2D eigenvalue weighted by atomic mass is 32.1. The Bertz CT molecular complexity index is 671. The zero-order valence-corrected chi connectivity index (χ0v) is 12.3. The first-order valence-corrected chi connectivity index (χ1v) is 7.71. The highest BCUT2D eigenvalue weighted by molar-refractivity contribution is 7.15. The van der Waals surface area contributed by atoms with Crippen LogP contribution < -0.4 is 11.1 Å². The number of nitrogens with one attached hydrogen (secondary N) is 1. The molecule has 1 aromatic heterocycles. The van der Waals surface area contributed by atoms with Gasteiger partial charge in [0.1, 0.15) is 5.82 Å². The van der Waals surface area contributed by atoms with Gasteiger partial charge in [0.2, 0.25) is 5.91 Å². The van der Waals surface area contributed by atoms with E-state index >= 15 is 0 Å². The SMILES string of the molecule is N[C@H]1CCc2nc(NC(=O)Cc3ccccc3F)sc2C1. The molecule has 2 aromatic rings. The van der Waals surface area contributed by atoms with Crippen molar-refractivity contribution in [2.24, 2.45) is 5.73 Å². The fourth-order valence-electron chi connectivity index (χ4n) is 2.43. The number of carbonyl (C=O) groups is 1. The van der Waals surface area contributed by atoms with E-state index < -0.39 is 0 Å². The van der Waals surface area contributed by atoms with Crippen LogP contribution in [0.1, 0.15) is 22.6 Å². The topological polar surface area (TPSA) is 68.0 Å². The first-order valence-electron chi connectivity index (χ1n) is 6.89. The van der Waals surface area contributed by atoms with Gasteiger partial charge < -0.3 is 11.1 Å². The second-order valence-corrected chi connectivity index (χ2v) is 6.29. The van der Waals surface area contributed by atoms with Crippen LogP contribution in [0.5, 0.6) is 0 Å². The lowest BCUT2D eigenvalue weighted by Crippen LogP contribution is -2.27.